The fraction of sp³-hybridized carbons (Fsp3) is 0.500. The Morgan fingerprint density at radius 3 is 2.61 bits per heavy atom. The van der Waals surface area contributed by atoms with Crippen molar-refractivity contribution < 1.29 is 23.0 Å². The van der Waals surface area contributed by atoms with Crippen LogP contribution in [-0.4, -0.2) is 43.2 Å². The quantitative estimate of drug-likeness (QED) is 0.529. The second kappa shape index (κ2) is 10.6. The van der Waals surface area contributed by atoms with Crippen LogP contribution in [-0.2, 0) is 14.3 Å². The Hall–Kier alpha value is -2.51. The zero-order chi connectivity index (χ0) is 23.4. The predicted octanol–water partition coefficient (Wildman–Crippen LogP) is 5.51. The number of hydrogen-bond donors (Lipinski definition) is 1. The van der Waals surface area contributed by atoms with Gasteiger partial charge in [0.25, 0.3) is 6.43 Å². The van der Waals surface area contributed by atoms with Gasteiger partial charge in [-0.15, -0.1) is 0 Å². The van der Waals surface area contributed by atoms with Crippen molar-refractivity contribution in [2.75, 3.05) is 31.6 Å². The molecule has 1 saturated heterocycles. The molecule has 1 N–H and O–H groups in total. The number of nitrogens with zero attached hydrogens (tertiary/aromatic N) is 1. The van der Waals surface area contributed by atoms with Gasteiger partial charge >= 0.3 is 5.97 Å². The van der Waals surface area contributed by atoms with Crippen LogP contribution in [0.25, 0.3) is 0 Å². The molecule has 3 unspecified atom stereocenters. The van der Waals surface area contributed by atoms with Gasteiger partial charge in [-0.1, -0.05) is 50.2 Å². The lowest BCUT2D eigenvalue weighted by atomic mass is 9.76. The molecule has 0 spiro atoms. The number of fused-ring (bicyclic) bond motifs is 3. The minimum atomic E-state index is -2.54. The van der Waals surface area contributed by atoms with E-state index in [2.05, 4.69) is 17.4 Å². The van der Waals surface area contributed by atoms with Crippen LogP contribution in [0.4, 0.5) is 14.5 Å². The van der Waals surface area contributed by atoms with Crippen LogP contribution in [0, 0.1) is 5.92 Å². The van der Waals surface area contributed by atoms with Crippen LogP contribution in [0.5, 0.6) is 0 Å². The first-order valence-corrected chi connectivity index (χ1v) is 11.8. The van der Waals surface area contributed by atoms with E-state index in [0.29, 0.717) is 0 Å². The maximum Gasteiger partial charge on any atom is 0.320 e. The Morgan fingerprint density at radius 1 is 1.15 bits per heavy atom. The largest absolute Gasteiger partial charge is 0.462 e. The van der Waals surface area contributed by atoms with Crippen LogP contribution in [0.15, 0.2) is 48.5 Å². The molecule has 0 bridgehead atoms. The zero-order valence-corrected chi connectivity index (χ0v) is 19.2. The number of halogens is 2. The number of alkyl halides is 2. The first kappa shape index (κ1) is 23.6. The molecule has 33 heavy (non-hydrogen) atoms. The van der Waals surface area contributed by atoms with Crippen molar-refractivity contribution >= 4 is 11.7 Å². The molecule has 0 saturated carbocycles. The van der Waals surface area contributed by atoms with E-state index in [4.69, 9.17) is 9.47 Å². The van der Waals surface area contributed by atoms with E-state index >= 15 is 0 Å². The molecule has 0 aliphatic carbocycles. The van der Waals surface area contributed by atoms with Gasteiger partial charge in [-0.05, 0) is 43.6 Å². The smallest absolute Gasteiger partial charge is 0.320 e. The summed E-state index contributed by atoms with van der Waals surface area (Å²) in [6.07, 6.45) is -1.56. The highest BCUT2D eigenvalue weighted by atomic mass is 19.3. The summed E-state index contributed by atoms with van der Waals surface area (Å²) in [6.45, 7) is 6.01. The van der Waals surface area contributed by atoms with E-state index in [1.165, 1.54) is 6.07 Å². The van der Waals surface area contributed by atoms with E-state index in [-0.39, 0.29) is 48.9 Å². The van der Waals surface area contributed by atoms with Crippen molar-refractivity contribution in [1.29, 1.82) is 0 Å². The summed E-state index contributed by atoms with van der Waals surface area (Å²) < 4.78 is 38.8. The first-order chi connectivity index (χ1) is 16.0. The normalized spacial score (nSPS) is 24.2. The number of nitrogens with one attached hydrogen (secondary N) is 1. The van der Waals surface area contributed by atoms with Crippen LogP contribution >= 0.6 is 0 Å². The van der Waals surface area contributed by atoms with E-state index < -0.39 is 6.43 Å². The van der Waals surface area contributed by atoms with Gasteiger partial charge in [0.15, 0.2) is 0 Å². The first-order valence-electron chi connectivity index (χ1n) is 11.8. The van der Waals surface area contributed by atoms with Gasteiger partial charge in [-0.3, -0.25) is 9.69 Å². The SMILES string of the molecule is CCN(CC)CC(=O)OCC1CCC2C(O1)c1cc(C(F)F)ccc1N[C@H]2c1ccccc1. The number of hydrogen-bond acceptors (Lipinski definition) is 5. The minimum Gasteiger partial charge on any atom is -0.462 e. The highest BCUT2D eigenvalue weighted by Gasteiger charge is 2.42. The Bertz CT molecular complexity index is 936. The van der Waals surface area contributed by atoms with E-state index in [1.807, 2.05) is 36.9 Å². The monoisotopic (exact) mass is 458 g/mol. The number of esters is 1. The average molecular weight is 459 g/mol. The molecule has 178 valence electrons. The molecule has 5 nitrogen and oxygen atoms in total. The van der Waals surface area contributed by atoms with Crippen molar-refractivity contribution in [2.24, 2.45) is 5.92 Å². The van der Waals surface area contributed by atoms with Crippen LogP contribution in [0.1, 0.15) is 62.0 Å². The third-order valence-corrected chi connectivity index (χ3v) is 6.76. The van der Waals surface area contributed by atoms with Gasteiger partial charge in [0.05, 0.1) is 24.8 Å². The zero-order valence-electron chi connectivity index (χ0n) is 19.2. The summed E-state index contributed by atoms with van der Waals surface area (Å²) in [4.78, 5) is 14.2. The highest BCUT2D eigenvalue weighted by Crippen LogP contribution is 2.50. The maximum absolute atomic E-state index is 13.4. The van der Waals surface area contributed by atoms with Gasteiger partial charge in [0.1, 0.15) is 6.61 Å². The highest BCUT2D eigenvalue weighted by molar-refractivity contribution is 5.71. The van der Waals surface area contributed by atoms with Crippen molar-refractivity contribution in [3.63, 3.8) is 0 Å². The molecular formula is C26H32F2N2O3. The van der Waals surface area contributed by atoms with Crippen molar-refractivity contribution in [3.8, 4) is 0 Å². The Labute approximate surface area is 194 Å². The molecule has 0 aromatic heterocycles. The van der Waals surface area contributed by atoms with Gasteiger partial charge in [0, 0.05) is 22.7 Å². The number of carbonyl (C=O) groups excluding carboxylic acids is 1. The molecular weight excluding hydrogens is 426 g/mol. The van der Waals surface area contributed by atoms with Crippen molar-refractivity contribution in [1.82, 2.24) is 4.90 Å². The molecule has 2 aliphatic heterocycles. The summed E-state index contributed by atoms with van der Waals surface area (Å²) in [5, 5.41) is 3.56. The summed E-state index contributed by atoms with van der Waals surface area (Å²) >= 11 is 0. The summed E-state index contributed by atoms with van der Waals surface area (Å²) in [5.74, 6) is -0.173. The summed E-state index contributed by atoms with van der Waals surface area (Å²) in [6, 6.07) is 14.9. The molecule has 2 aliphatic rings. The van der Waals surface area contributed by atoms with Gasteiger partial charge in [-0.2, -0.15) is 0 Å². The predicted molar refractivity (Wildman–Crippen MR) is 123 cm³/mol. The fourth-order valence-corrected chi connectivity index (χ4v) is 4.88. The Balaban J connectivity index is 1.53. The van der Waals surface area contributed by atoms with Gasteiger partial charge in [0.2, 0.25) is 0 Å². The molecule has 7 heteroatoms. The topological polar surface area (TPSA) is 50.8 Å². The molecule has 2 aromatic carbocycles. The van der Waals surface area contributed by atoms with E-state index in [9.17, 15) is 13.6 Å². The Kier molecular flexibility index (Phi) is 7.60. The molecule has 1 fully saturated rings. The third-order valence-electron chi connectivity index (χ3n) is 6.76. The molecule has 4 rings (SSSR count). The Morgan fingerprint density at radius 2 is 1.91 bits per heavy atom. The lowest BCUT2D eigenvalue weighted by Gasteiger charge is -2.45. The van der Waals surface area contributed by atoms with E-state index in [1.54, 1.807) is 12.1 Å². The minimum absolute atomic E-state index is 0.0103. The maximum atomic E-state index is 13.4. The van der Waals surface area contributed by atoms with Gasteiger partial charge in [-0.25, -0.2) is 8.78 Å². The van der Waals surface area contributed by atoms with Crippen molar-refractivity contribution in [2.45, 2.75) is 51.4 Å². The molecule has 0 amide bonds. The molecule has 2 heterocycles. The summed E-state index contributed by atoms with van der Waals surface area (Å²) in [5.41, 5.74) is 2.70. The van der Waals surface area contributed by atoms with E-state index in [0.717, 1.165) is 42.7 Å². The lowest BCUT2D eigenvalue weighted by molar-refractivity contribution is -0.158. The molecule has 4 atom stereocenters. The third kappa shape index (κ3) is 5.36. The molecule has 0 radical (unpaired) electrons. The standard InChI is InChI=1S/C26H32F2N2O3/c1-3-30(4-2)15-23(31)32-16-19-11-12-20-24(17-8-6-5-7-9-17)29-22-13-10-18(26(27)28)14-21(22)25(20)33-19/h5-10,13-14,19-20,24-26,29H,3-4,11-12,15-16H2,1-2H3/t19?,20?,24-,25?/m0/s1. The number of ether oxygens (including phenoxy) is 2. The average Bonchev–Trinajstić information content (AvgIpc) is 2.85. The van der Waals surface area contributed by atoms with Gasteiger partial charge < -0.3 is 14.8 Å². The number of rotatable bonds is 8. The van der Waals surface area contributed by atoms with Crippen molar-refractivity contribution in [3.05, 3.63) is 65.2 Å². The summed E-state index contributed by atoms with van der Waals surface area (Å²) in [7, 11) is 0. The van der Waals surface area contributed by atoms with Crippen LogP contribution in [0.2, 0.25) is 0 Å². The van der Waals surface area contributed by atoms with Crippen LogP contribution in [0.3, 0.4) is 0 Å². The number of carbonyl (C=O) groups is 1. The second-order valence-corrected chi connectivity index (χ2v) is 8.74. The lowest BCUT2D eigenvalue weighted by Crippen LogP contribution is -2.41. The van der Waals surface area contributed by atoms with Crippen LogP contribution < -0.4 is 5.32 Å². The fourth-order valence-electron chi connectivity index (χ4n) is 4.88. The molecule has 2 aromatic rings. The number of likely N-dealkylation sites (N-methyl/N-ethyl adjacent to an activating group) is 1. The number of anilines is 1. The second-order valence-electron chi connectivity index (χ2n) is 8.74. The number of benzene rings is 2.